The molecule has 5 nitrogen and oxygen atoms in total. The van der Waals surface area contributed by atoms with Crippen molar-refractivity contribution < 1.29 is 19.0 Å². The number of hydrogen-bond acceptors (Lipinski definition) is 5. The third-order valence-corrected chi connectivity index (χ3v) is 6.54. The third-order valence-electron chi connectivity index (χ3n) is 5.54. The zero-order valence-electron chi connectivity index (χ0n) is 18.6. The van der Waals surface area contributed by atoms with Gasteiger partial charge in [0.05, 0.1) is 18.7 Å². The number of nitrogens with zero attached hydrogens (tertiary/aromatic N) is 2. The summed E-state index contributed by atoms with van der Waals surface area (Å²) in [5, 5.41) is 12.2. The van der Waals surface area contributed by atoms with Gasteiger partial charge in [-0.3, -0.25) is 9.69 Å². The van der Waals surface area contributed by atoms with E-state index in [1.165, 1.54) is 17.0 Å². The number of halogens is 1. The number of rotatable bonds is 10. The van der Waals surface area contributed by atoms with E-state index in [-0.39, 0.29) is 30.9 Å². The predicted octanol–water partition coefficient (Wildman–Crippen LogP) is 4.12. The molecule has 3 rings (SSSR count). The fourth-order valence-electron chi connectivity index (χ4n) is 4.04. The largest absolute Gasteiger partial charge is 0.491 e. The van der Waals surface area contributed by atoms with Crippen molar-refractivity contribution in [1.29, 1.82) is 0 Å². The zero-order chi connectivity index (χ0) is 22.4. The molecule has 0 radical (unpaired) electrons. The number of carbonyl (C=O) groups is 1. The van der Waals surface area contributed by atoms with Gasteiger partial charge < -0.3 is 14.7 Å². The second-order valence-corrected chi connectivity index (χ2v) is 9.57. The normalized spacial score (nSPS) is 17.1. The minimum Gasteiger partial charge on any atom is -0.491 e. The van der Waals surface area contributed by atoms with E-state index in [1.807, 2.05) is 11.8 Å². The summed E-state index contributed by atoms with van der Waals surface area (Å²) >= 11 is 1.70. The second-order valence-electron chi connectivity index (χ2n) is 8.57. The highest BCUT2D eigenvalue weighted by Crippen LogP contribution is 2.34. The average Bonchev–Trinajstić information content (AvgIpc) is 3.20. The molecule has 1 N–H and O–H groups in total. The Bertz CT molecular complexity index is 857. The lowest BCUT2D eigenvalue weighted by atomic mass is 10.00. The van der Waals surface area contributed by atoms with Crippen molar-refractivity contribution in [3.05, 3.63) is 52.0 Å². The molecule has 1 aromatic heterocycles. The number of aliphatic hydroxyl groups excluding tert-OH is 1. The summed E-state index contributed by atoms with van der Waals surface area (Å²) in [4.78, 5) is 18.6. The molecule has 0 unspecified atom stereocenters. The van der Waals surface area contributed by atoms with Crippen molar-refractivity contribution in [2.24, 2.45) is 5.92 Å². The van der Waals surface area contributed by atoms with Crippen LogP contribution < -0.4 is 4.74 Å². The van der Waals surface area contributed by atoms with Gasteiger partial charge in [-0.15, -0.1) is 11.3 Å². The Morgan fingerprint density at radius 3 is 2.87 bits per heavy atom. The Labute approximate surface area is 188 Å². The number of thiophene rings is 1. The molecule has 2 aromatic rings. The smallest absolute Gasteiger partial charge is 0.237 e. The van der Waals surface area contributed by atoms with Crippen LogP contribution in [0, 0.1) is 11.7 Å². The summed E-state index contributed by atoms with van der Waals surface area (Å²) in [5.74, 6) is 0.550. The topological polar surface area (TPSA) is 53.0 Å². The van der Waals surface area contributed by atoms with Gasteiger partial charge >= 0.3 is 0 Å². The molecule has 2 heterocycles. The van der Waals surface area contributed by atoms with E-state index in [9.17, 15) is 14.3 Å². The molecule has 0 saturated carbocycles. The number of hydrogen-bond donors (Lipinski definition) is 1. The maximum Gasteiger partial charge on any atom is 0.237 e. The highest BCUT2D eigenvalue weighted by atomic mass is 32.1. The van der Waals surface area contributed by atoms with Crippen LogP contribution >= 0.6 is 11.3 Å². The number of ether oxygens (including phenoxy) is 1. The lowest BCUT2D eigenvalue weighted by molar-refractivity contribution is -0.136. The summed E-state index contributed by atoms with van der Waals surface area (Å²) in [5.41, 5.74) is 1.12. The summed E-state index contributed by atoms with van der Waals surface area (Å²) in [6.07, 6.45) is 1.05. The van der Waals surface area contributed by atoms with Crippen LogP contribution in [-0.4, -0.2) is 59.7 Å². The van der Waals surface area contributed by atoms with Gasteiger partial charge in [0.1, 0.15) is 18.2 Å². The fraction of sp³-hybridized carbons (Fsp3) is 0.542. The van der Waals surface area contributed by atoms with Crippen LogP contribution in [0.4, 0.5) is 4.39 Å². The second kappa shape index (κ2) is 11.1. The number of aliphatic hydroxyl groups is 1. The molecule has 0 fully saturated rings. The summed E-state index contributed by atoms with van der Waals surface area (Å²) in [6, 6.07) is 7.94. The molecule has 7 heteroatoms. The molecular weight excluding hydrogens is 415 g/mol. The monoisotopic (exact) mass is 448 g/mol. The molecule has 0 spiro atoms. The maximum absolute atomic E-state index is 13.5. The predicted molar refractivity (Wildman–Crippen MR) is 122 cm³/mol. The molecule has 1 amide bonds. The van der Waals surface area contributed by atoms with Crippen molar-refractivity contribution in [3.63, 3.8) is 0 Å². The number of amides is 1. The summed E-state index contributed by atoms with van der Waals surface area (Å²) in [6.45, 7) is 8.60. The Hall–Kier alpha value is -1.96. The van der Waals surface area contributed by atoms with E-state index in [0.717, 1.165) is 18.5 Å². The molecule has 170 valence electrons. The minimum absolute atomic E-state index is 0.0358. The van der Waals surface area contributed by atoms with Crippen LogP contribution in [0.25, 0.3) is 0 Å². The van der Waals surface area contributed by atoms with E-state index < -0.39 is 6.10 Å². The molecule has 1 aliphatic rings. The van der Waals surface area contributed by atoms with Crippen LogP contribution in [-0.2, 0) is 11.2 Å². The molecule has 1 aliphatic heterocycles. The van der Waals surface area contributed by atoms with Gasteiger partial charge in [0.15, 0.2) is 0 Å². The Morgan fingerprint density at radius 1 is 1.35 bits per heavy atom. The maximum atomic E-state index is 13.5. The standard InChI is InChI=1S/C24H33FN2O3S/c1-4-19(28)14-26(13-17(2)3)15-24(29)27-10-8-23-21(9-11-31-23)22(27)16-30-20-7-5-6-18(25)12-20/h5-7,9,11-12,17,19,22,28H,4,8,10,13-16H2,1-3H3/t19-,22+/m1/s1. The van der Waals surface area contributed by atoms with Crippen LogP contribution in [0.15, 0.2) is 35.7 Å². The zero-order valence-corrected chi connectivity index (χ0v) is 19.4. The van der Waals surface area contributed by atoms with Crippen molar-refractivity contribution in [3.8, 4) is 5.75 Å². The minimum atomic E-state index is -0.441. The molecule has 2 atom stereocenters. The molecule has 0 bridgehead atoms. The quantitative estimate of drug-likeness (QED) is 0.594. The molecule has 1 aromatic carbocycles. The van der Waals surface area contributed by atoms with Gasteiger partial charge in [0, 0.05) is 30.6 Å². The van der Waals surface area contributed by atoms with Crippen LogP contribution in [0.5, 0.6) is 5.75 Å². The van der Waals surface area contributed by atoms with Gasteiger partial charge in [-0.05, 0) is 47.9 Å². The van der Waals surface area contributed by atoms with Gasteiger partial charge in [-0.1, -0.05) is 26.8 Å². The highest BCUT2D eigenvalue weighted by Gasteiger charge is 2.33. The molecule has 0 saturated heterocycles. The van der Waals surface area contributed by atoms with E-state index in [0.29, 0.717) is 31.2 Å². The van der Waals surface area contributed by atoms with Crippen molar-refractivity contribution >= 4 is 17.2 Å². The van der Waals surface area contributed by atoms with Gasteiger partial charge in [0.2, 0.25) is 5.91 Å². The fourth-order valence-corrected chi connectivity index (χ4v) is 4.96. The number of benzene rings is 1. The van der Waals surface area contributed by atoms with Crippen molar-refractivity contribution in [2.45, 2.75) is 45.8 Å². The molecule has 0 aliphatic carbocycles. The van der Waals surface area contributed by atoms with Gasteiger partial charge in [0.25, 0.3) is 0 Å². The molecule has 31 heavy (non-hydrogen) atoms. The van der Waals surface area contributed by atoms with E-state index in [2.05, 4.69) is 30.2 Å². The van der Waals surface area contributed by atoms with Crippen LogP contribution in [0.3, 0.4) is 0 Å². The van der Waals surface area contributed by atoms with Crippen LogP contribution in [0.1, 0.15) is 43.7 Å². The average molecular weight is 449 g/mol. The molecular formula is C24H33FN2O3S. The Morgan fingerprint density at radius 2 is 2.16 bits per heavy atom. The summed E-state index contributed by atoms with van der Waals surface area (Å²) < 4.78 is 19.4. The first-order valence-corrected chi connectivity index (χ1v) is 11.9. The lowest BCUT2D eigenvalue weighted by Crippen LogP contribution is -2.48. The first kappa shape index (κ1) is 23.7. The first-order valence-electron chi connectivity index (χ1n) is 11.0. The van der Waals surface area contributed by atoms with Crippen molar-refractivity contribution in [2.75, 3.05) is 32.8 Å². The van der Waals surface area contributed by atoms with Crippen LogP contribution in [0.2, 0.25) is 0 Å². The van der Waals surface area contributed by atoms with E-state index in [1.54, 1.807) is 23.5 Å². The third kappa shape index (κ3) is 6.51. The number of fused-ring (bicyclic) bond motifs is 1. The lowest BCUT2D eigenvalue weighted by Gasteiger charge is -2.37. The Kier molecular flexibility index (Phi) is 8.46. The van der Waals surface area contributed by atoms with E-state index >= 15 is 0 Å². The highest BCUT2D eigenvalue weighted by molar-refractivity contribution is 7.10. The van der Waals surface area contributed by atoms with E-state index in [4.69, 9.17) is 4.74 Å². The Balaban J connectivity index is 1.74. The van der Waals surface area contributed by atoms with Crippen molar-refractivity contribution in [1.82, 2.24) is 9.80 Å². The SMILES string of the molecule is CC[C@@H](O)CN(CC(=O)N1CCc2sccc2[C@@H]1COc1cccc(F)c1)CC(C)C. The summed E-state index contributed by atoms with van der Waals surface area (Å²) in [7, 11) is 0. The number of carbonyl (C=O) groups excluding carboxylic acids is 1. The van der Waals surface area contributed by atoms with Gasteiger partial charge in [-0.2, -0.15) is 0 Å². The first-order chi connectivity index (χ1) is 14.9. The van der Waals surface area contributed by atoms with Gasteiger partial charge in [-0.25, -0.2) is 4.39 Å².